The Morgan fingerprint density at radius 3 is 2.56 bits per heavy atom. The number of nitrogens with one attached hydrogen (secondary N) is 1. The van der Waals surface area contributed by atoms with Crippen LogP contribution >= 0.6 is 0 Å². The maximum atomic E-state index is 12.2. The molecular formula is C18H23NO6. The van der Waals surface area contributed by atoms with E-state index in [0.29, 0.717) is 30.3 Å². The third kappa shape index (κ3) is 6.10. The summed E-state index contributed by atoms with van der Waals surface area (Å²) in [5, 5.41) is 2.61. The lowest BCUT2D eigenvalue weighted by molar-refractivity contribution is -0.148. The lowest BCUT2D eigenvalue weighted by Gasteiger charge is -2.09. The highest BCUT2D eigenvalue weighted by Crippen LogP contribution is 2.30. The molecule has 25 heavy (non-hydrogen) atoms. The number of rotatable bonds is 7. The predicted octanol–water partition coefficient (Wildman–Crippen LogP) is 1.88. The molecule has 1 aliphatic heterocycles. The Morgan fingerprint density at radius 2 is 1.84 bits per heavy atom. The summed E-state index contributed by atoms with van der Waals surface area (Å²) in [6.45, 7) is 4.41. The van der Waals surface area contributed by atoms with Crippen LogP contribution in [0.5, 0.6) is 11.5 Å². The van der Waals surface area contributed by atoms with Crippen molar-refractivity contribution < 1.29 is 28.6 Å². The Kier molecular flexibility index (Phi) is 6.80. The summed E-state index contributed by atoms with van der Waals surface area (Å²) in [4.78, 5) is 35.3. The maximum Gasteiger partial charge on any atom is 0.306 e. The molecule has 0 bridgehead atoms. The fourth-order valence-corrected chi connectivity index (χ4v) is 2.28. The van der Waals surface area contributed by atoms with Crippen LogP contribution in [0.1, 0.15) is 43.5 Å². The zero-order valence-electron chi connectivity index (χ0n) is 14.5. The van der Waals surface area contributed by atoms with Crippen molar-refractivity contribution in [2.75, 3.05) is 19.8 Å². The van der Waals surface area contributed by atoms with Gasteiger partial charge in [0.05, 0.1) is 19.6 Å². The Hall–Kier alpha value is -2.57. The molecule has 0 atom stereocenters. The van der Waals surface area contributed by atoms with E-state index in [1.807, 2.05) is 13.8 Å². The zero-order valence-corrected chi connectivity index (χ0v) is 14.5. The van der Waals surface area contributed by atoms with E-state index >= 15 is 0 Å². The number of Topliss-reactive ketones (excluding diaryl/α,β-unsaturated/α-hetero) is 1. The van der Waals surface area contributed by atoms with Crippen LogP contribution in [-0.4, -0.2) is 43.5 Å². The monoisotopic (exact) mass is 349 g/mol. The minimum Gasteiger partial charge on any atom is -0.490 e. The normalized spacial score (nSPS) is 13.1. The molecule has 0 unspecified atom stereocenters. The molecule has 0 radical (unpaired) electrons. The molecule has 1 heterocycles. The highest BCUT2D eigenvalue weighted by atomic mass is 16.5. The van der Waals surface area contributed by atoms with Gasteiger partial charge in [-0.2, -0.15) is 0 Å². The Balaban J connectivity index is 1.81. The van der Waals surface area contributed by atoms with Crippen molar-refractivity contribution in [3.63, 3.8) is 0 Å². The van der Waals surface area contributed by atoms with Crippen molar-refractivity contribution in [3.8, 4) is 11.5 Å². The number of ether oxygens (including phenoxy) is 3. The van der Waals surface area contributed by atoms with E-state index in [9.17, 15) is 14.4 Å². The first kappa shape index (κ1) is 18.8. The molecular weight excluding hydrogens is 326 g/mol. The summed E-state index contributed by atoms with van der Waals surface area (Å²) in [6.07, 6.45) is 0.709. The van der Waals surface area contributed by atoms with Crippen LogP contribution in [-0.2, 0) is 14.3 Å². The first-order valence-electron chi connectivity index (χ1n) is 8.33. The lowest BCUT2D eigenvalue weighted by Crippen LogP contribution is -2.34. The molecule has 0 saturated carbocycles. The molecule has 0 spiro atoms. The summed E-state index contributed by atoms with van der Waals surface area (Å²) < 4.78 is 15.9. The largest absolute Gasteiger partial charge is 0.490 e. The molecule has 136 valence electrons. The van der Waals surface area contributed by atoms with Crippen LogP contribution < -0.4 is 14.8 Å². The van der Waals surface area contributed by atoms with Crippen molar-refractivity contribution in [2.24, 2.45) is 0 Å². The minimum absolute atomic E-state index is 0.00424. The molecule has 2 rings (SSSR count). The smallest absolute Gasteiger partial charge is 0.306 e. The molecule has 1 aromatic carbocycles. The zero-order chi connectivity index (χ0) is 18.2. The van der Waals surface area contributed by atoms with Crippen LogP contribution in [0.15, 0.2) is 18.2 Å². The highest BCUT2D eigenvalue weighted by molar-refractivity contribution is 5.98. The van der Waals surface area contributed by atoms with Crippen molar-refractivity contribution in [2.45, 2.75) is 39.2 Å². The quantitative estimate of drug-likeness (QED) is 0.597. The minimum atomic E-state index is -0.582. The van der Waals surface area contributed by atoms with Crippen LogP contribution in [0, 0.1) is 0 Å². The Labute approximate surface area is 146 Å². The van der Waals surface area contributed by atoms with Gasteiger partial charge in [0, 0.05) is 24.4 Å². The number of carbonyl (C=O) groups excluding carboxylic acids is 3. The number of ketones is 1. The average molecular weight is 349 g/mol. The van der Waals surface area contributed by atoms with Gasteiger partial charge >= 0.3 is 5.97 Å². The number of amides is 1. The molecule has 0 saturated heterocycles. The van der Waals surface area contributed by atoms with E-state index in [2.05, 4.69) is 5.32 Å². The van der Waals surface area contributed by atoms with E-state index in [1.165, 1.54) is 0 Å². The SMILES string of the molecule is CC(C)NC(=O)COC(=O)CCC(=O)c1ccc2c(c1)OCCCO2. The van der Waals surface area contributed by atoms with E-state index in [1.54, 1.807) is 18.2 Å². The highest BCUT2D eigenvalue weighted by Gasteiger charge is 2.16. The number of fused-ring (bicyclic) bond motifs is 1. The summed E-state index contributed by atoms with van der Waals surface area (Å²) in [6, 6.07) is 4.96. The Bertz CT molecular complexity index is 640. The standard InChI is InChI=1S/C18H23NO6/c1-12(2)19-17(21)11-25-18(22)7-5-14(20)13-4-6-15-16(10-13)24-9-3-8-23-15/h4,6,10,12H,3,5,7-9,11H2,1-2H3,(H,19,21). The molecule has 1 N–H and O–H groups in total. The van der Waals surface area contributed by atoms with Gasteiger partial charge in [-0.15, -0.1) is 0 Å². The van der Waals surface area contributed by atoms with Crippen molar-refractivity contribution in [3.05, 3.63) is 23.8 Å². The maximum absolute atomic E-state index is 12.2. The second-order valence-corrected chi connectivity index (χ2v) is 6.02. The summed E-state index contributed by atoms with van der Waals surface area (Å²) in [7, 11) is 0. The first-order valence-corrected chi connectivity index (χ1v) is 8.33. The van der Waals surface area contributed by atoms with E-state index in [4.69, 9.17) is 14.2 Å². The fraction of sp³-hybridized carbons (Fsp3) is 0.500. The van der Waals surface area contributed by atoms with Gasteiger partial charge in [0.15, 0.2) is 23.9 Å². The number of hydrogen-bond donors (Lipinski definition) is 1. The lowest BCUT2D eigenvalue weighted by atomic mass is 10.1. The van der Waals surface area contributed by atoms with Gasteiger partial charge in [0.1, 0.15) is 0 Å². The second kappa shape index (κ2) is 9.05. The Morgan fingerprint density at radius 1 is 1.12 bits per heavy atom. The van der Waals surface area contributed by atoms with Crippen molar-refractivity contribution in [1.82, 2.24) is 5.32 Å². The van der Waals surface area contributed by atoms with Gasteiger partial charge in [-0.05, 0) is 32.0 Å². The van der Waals surface area contributed by atoms with E-state index in [0.717, 1.165) is 6.42 Å². The summed E-state index contributed by atoms with van der Waals surface area (Å²) in [5.74, 6) is 0.0133. The van der Waals surface area contributed by atoms with Gasteiger partial charge in [0.2, 0.25) is 0 Å². The van der Waals surface area contributed by atoms with Crippen molar-refractivity contribution >= 4 is 17.7 Å². The molecule has 7 heteroatoms. The topological polar surface area (TPSA) is 90.9 Å². The molecule has 0 fully saturated rings. The number of hydrogen-bond acceptors (Lipinski definition) is 6. The van der Waals surface area contributed by atoms with E-state index in [-0.39, 0.29) is 37.2 Å². The van der Waals surface area contributed by atoms with Crippen LogP contribution in [0.2, 0.25) is 0 Å². The molecule has 1 aromatic rings. The van der Waals surface area contributed by atoms with Crippen LogP contribution in [0.3, 0.4) is 0 Å². The van der Waals surface area contributed by atoms with Crippen molar-refractivity contribution in [1.29, 1.82) is 0 Å². The third-order valence-corrected chi connectivity index (χ3v) is 3.44. The molecule has 0 aromatic heterocycles. The number of benzene rings is 1. The van der Waals surface area contributed by atoms with Gasteiger partial charge in [0.25, 0.3) is 5.91 Å². The molecule has 1 aliphatic rings. The first-order chi connectivity index (χ1) is 12.0. The van der Waals surface area contributed by atoms with Gasteiger partial charge in [-0.1, -0.05) is 0 Å². The average Bonchev–Trinajstić information content (AvgIpc) is 2.81. The van der Waals surface area contributed by atoms with E-state index < -0.39 is 5.97 Å². The van der Waals surface area contributed by atoms with Gasteiger partial charge in [-0.25, -0.2) is 0 Å². The van der Waals surface area contributed by atoms with Crippen LogP contribution in [0.25, 0.3) is 0 Å². The van der Waals surface area contributed by atoms with Crippen LogP contribution in [0.4, 0.5) is 0 Å². The number of carbonyl (C=O) groups is 3. The summed E-state index contributed by atoms with van der Waals surface area (Å²) in [5.41, 5.74) is 0.453. The fourth-order valence-electron chi connectivity index (χ4n) is 2.28. The number of esters is 1. The molecule has 1 amide bonds. The second-order valence-electron chi connectivity index (χ2n) is 6.02. The van der Waals surface area contributed by atoms with Gasteiger partial charge < -0.3 is 19.5 Å². The predicted molar refractivity (Wildman–Crippen MR) is 89.9 cm³/mol. The third-order valence-electron chi connectivity index (χ3n) is 3.44. The molecule has 7 nitrogen and oxygen atoms in total. The molecule has 0 aliphatic carbocycles. The van der Waals surface area contributed by atoms with Gasteiger partial charge in [-0.3, -0.25) is 14.4 Å². The summed E-state index contributed by atoms with van der Waals surface area (Å²) >= 11 is 0.